The molecule has 5 nitrogen and oxygen atoms in total. The van der Waals surface area contributed by atoms with Crippen molar-refractivity contribution in [1.29, 1.82) is 0 Å². The lowest BCUT2D eigenvalue weighted by molar-refractivity contribution is 0.155. The second kappa shape index (κ2) is 8.60. The van der Waals surface area contributed by atoms with Crippen molar-refractivity contribution in [2.75, 3.05) is 19.0 Å². The van der Waals surface area contributed by atoms with Crippen molar-refractivity contribution in [2.45, 2.75) is 6.61 Å². The van der Waals surface area contributed by atoms with Crippen LogP contribution in [0.15, 0.2) is 54.6 Å². The van der Waals surface area contributed by atoms with Crippen molar-refractivity contribution in [3.8, 4) is 5.75 Å². The van der Waals surface area contributed by atoms with Crippen LogP contribution in [-0.2, 0) is 11.3 Å². The number of ether oxygens (including phenoxy) is 2. The van der Waals surface area contributed by atoms with E-state index in [4.69, 9.17) is 14.6 Å². The number of hydrogen-bond donors (Lipinski definition) is 2. The van der Waals surface area contributed by atoms with E-state index in [0.717, 1.165) is 16.9 Å². The molecule has 0 spiro atoms. The third-order valence-corrected chi connectivity index (χ3v) is 3.08. The number of amides is 1. The first-order valence-electron chi connectivity index (χ1n) is 7.15. The smallest absolute Gasteiger partial charge is 0.411 e. The molecule has 1 amide bonds. The summed E-state index contributed by atoms with van der Waals surface area (Å²) in [6.45, 7) is 0.154. The van der Waals surface area contributed by atoms with Crippen molar-refractivity contribution in [3.05, 3.63) is 65.7 Å². The van der Waals surface area contributed by atoms with Crippen LogP contribution in [-0.4, -0.2) is 24.9 Å². The number of methoxy groups -OCH3 is 1. The van der Waals surface area contributed by atoms with Gasteiger partial charge in [-0.3, -0.25) is 5.32 Å². The molecule has 0 bridgehead atoms. The Bertz CT molecular complexity index is 665. The van der Waals surface area contributed by atoms with Gasteiger partial charge >= 0.3 is 6.09 Å². The topological polar surface area (TPSA) is 67.8 Å². The predicted octanol–water partition coefficient (Wildman–Crippen LogP) is 3.45. The maximum absolute atomic E-state index is 11.8. The van der Waals surface area contributed by atoms with Crippen molar-refractivity contribution in [1.82, 2.24) is 0 Å². The number of aliphatic hydroxyl groups is 1. The first-order valence-corrected chi connectivity index (χ1v) is 7.15. The number of rotatable bonds is 6. The van der Waals surface area contributed by atoms with Gasteiger partial charge in [0.15, 0.2) is 0 Å². The third-order valence-electron chi connectivity index (χ3n) is 3.08. The van der Waals surface area contributed by atoms with E-state index in [1.807, 2.05) is 36.4 Å². The molecule has 0 heterocycles. The van der Waals surface area contributed by atoms with Crippen LogP contribution in [0.1, 0.15) is 11.1 Å². The summed E-state index contributed by atoms with van der Waals surface area (Å²) in [5.41, 5.74) is 2.39. The minimum atomic E-state index is -0.524. The molecule has 2 aromatic rings. The Hall–Kier alpha value is -2.79. The van der Waals surface area contributed by atoms with Crippen molar-refractivity contribution in [2.24, 2.45) is 0 Å². The normalized spacial score (nSPS) is 10.5. The van der Waals surface area contributed by atoms with Gasteiger partial charge < -0.3 is 14.6 Å². The number of carbonyl (C=O) groups excluding carboxylic acids is 1. The first-order chi connectivity index (χ1) is 11.2. The van der Waals surface area contributed by atoms with Gasteiger partial charge in [-0.25, -0.2) is 4.79 Å². The van der Waals surface area contributed by atoms with E-state index in [0.29, 0.717) is 5.69 Å². The van der Waals surface area contributed by atoms with Gasteiger partial charge in [-0.1, -0.05) is 36.4 Å². The molecule has 23 heavy (non-hydrogen) atoms. The summed E-state index contributed by atoms with van der Waals surface area (Å²) in [6, 6.07) is 14.6. The molecule has 0 aromatic heterocycles. The van der Waals surface area contributed by atoms with Gasteiger partial charge in [-0.2, -0.15) is 0 Å². The number of anilines is 1. The zero-order valence-electron chi connectivity index (χ0n) is 12.9. The summed E-state index contributed by atoms with van der Waals surface area (Å²) >= 11 is 0. The van der Waals surface area contributed by atoms with Gasteiger partial charge in [0.25, 0.3) is 0 Å². The Morgan fingerprint density at radius 2 is 2.00 bits per heavy atom. The molecule has 0 atom stereocenters. The monoisotopic (exact) mass is 313 g/mol. The quantitative estimate of drug-likeness (QED) is 0.857. The fourth-order valence-corrected chi connectivity index (χ4v) is 1.93. The van der Waals surface area contributed by atoms with Crippen LogP contribution in [0.25, 0.3) is 6.08 Å². The minimum Gasteiger partial charge on any atom is -0.497 e. The van der Waals surface area contributed by atoms with Crippen LogP contribution < -0.4 is 10.1 Å². The molecule has 120 valence electrons. The molecular weight excluding hydrogens is 294 g/mol. The van der Waals surface area contributed by atoms with Crippen molar-refractivity contribution < 1.29 is 19.4 Å². The lowest BCUT2D eigenvalue weighted by atomic mass is 10.2. The number of nitrogens with one attached hydrogen (secondary N) is 1. The molecule has 2 rings (SSSR count). The van der Waals surface area contributed by atoms with E-state index < -0.39 is 6.09 Å². The van der Waals surface area contributed by atoms with Crippen LogP contribution in [0, 0.1) is 0 Å². The van der Waals surface area contributed by atoms with E-state index in [1.54, 1.807) is 31.4 Å². The van der Waals surface area contributed by atoms with E-state index in [9.17, 15) is 4.79 Å². The van der Waals surface area contributed by atoms with E-state index in [2.05, 4.69) is 5.32 Å². The molecule has 5 heteroatoms. The molecule has 0 saturated carbocycles. The lowest BCUT2D eigenvalue weighted by Crippen LogP contribution is -2.13. The summed E-state index contributed by atoms with van der Waals surface area (Å²) < 4.78 is 10.2. The summed E-state index contributed by atoms with van der Waals surface area (Å²) in [6.07, 6.45) is 2.87. The molecule has 0 aliphatic heterocycles. The van der Waals surface area contributed by atoms with Crippen LogP contribution in [0.4, 0.5) is 10.5 Å². The fraction of sp³-hybridized carbons (Fsp3) is 0.167. The van der Waals surface area contributed by atoms with Gasteiger partial charge in [-0.05, 0) is 35.4 Å². The Kier molecular flexibility index (Phi) is 6.20. The Morgan fingerprint density at radius 1 is 1.22 bits per heavy atom. The van der Waals surface area contributed by atoms with Crippen molar-refractivity contribution in [3.63, 3.8) is 0 Å². The number of hydrogen-bond acceptors (Lipinski definition) is 4. The number of aliphatic hydroxyl groups excluding tert-OH is 1. The minimum absolute atomic E-state index is 0.0262. The fourth-order valence-electron chi connectivity index (χ4n) is 1.93. The molecule has 0 unspecified atom stereocenters. The Morgan fingerprint density at radius 3 is 2.70 bits per heavy atom. The number of carbonyl (C=O) groups is 1. The molecule has 0 saturated heterocycles. The third kappa shape index (κ3) is 5.48. The second-order valence-corrected chi connectivity index (χ2v) is 4.76. The van der Waals surface area contributed by atoms with Crippen LogP contribution in [0.3, 0.4) is 0 Å². The van der Waals surface area contributed by atoms with Gasteiger partial charge in [0.1, 0.15) is 12.4 Å². The van der Waals surface area contributed by atoms with Crippen LogP contribution >= 0.6 is 0 Å². The van der Waals surface area contributed by atoms with Gasteiger partial charge in [0, 0.05) is 5.69 Å². The van der Waals surface area contributed by atoms with E-state index in [1.165, 1.54) is 0 Å². The largest absolute Gasteiger partial charge is 0.497 e. The highest BCUT2D eigenvalue weighted by Gasteiger charge is 2.04. The molecule has 0 radical (unpaired) electrons. The zero-order chi connectivity index (χ0) is 16.5. The summed E-state index contributed by atoms with van der Waals surface area (Å²) in [5, 5.41) is 11.4. The summed E-state index contributed by atoms with van der Waals surface area (Å²) in [4.78, 5) is 11.8. The molecule has 0 fully saturated rings. The highest BCUT2D eigenvalue weighted by Crippen LogP contribution is 2.14. The van der Waals surface area contributed by atoms with Gasteiger partial charge in [0.2, 0.25) is 0 Å². The molecular formula is C18H19NO4. The number of benzene rings is 2. The Labute approximate surface area is 135 Å². The van der Waals surface area contributed by atoms with Gasteiger partial charge in [-0.15, -0.1) is 0 Å². The molecule has 2 aromatic carbocycles. The predicted molar refractivity (Wildman–Crippen MR) is 89.4 cm³/mol. The standard InChI is InChI=1S/C18H19NO4/c1-22-17-9-7-15(8-10-17)13-23-18(21)19-16-6-2-4-14(12-16)5-3-11-20/h2-10,12,20H,11,13H2,1H3,(H,19,21). The van der Waals surface area contributed by atoms with E-state index >= 15 is 0 Å². The van der Waals surface area contributed by atoms with Crippen LogP contribution in [0.5, 0.6) is 5.75 Å². The average Bonchev–Trinajstić information content (AvgIpc) is 2.59. The summed E-state index contributed by atoms with van der Waals surface area (Å²) in [5.74, 6) is 0.756. The highest BCUT2D eigenvalue weighted by molar-refractivity contribution is 5.85. The lowest BCUT2D eigenvalue weighted by Gasteiger charge is -2.08. The molecule has 2 N–H and O–H groups in total. The summed E-state index contributed by atoms with van der Waals surface area (Å²) in [7, 11) is 1.60. The molecule has 0 aliphatic carbocycles. The van der Waals surface area contributed by atoms with Crippen molar-refractivity contribution >= 4 is 17.9 Å². The molecule has 0 aliphatic rings. The SMILES string of the molecule is COc1ccc(COC(=O)Nc2cccc(C=CCO)c2)cc1. The van der Waals surface area contributed by atoms with Crippen LogP contribution in [0.2, 0.25) is 0 Å². The highest BCUT2D eigenvalue weighted by atomic mass is 16.5. The zero-order valence-corrected chi connectivity index (χ0v) is 12.9. The Balaban J connectivity index is 1.87. The van der Waals surface area contributed by atoms with Gasteiger partial charge in [0.05, 0.1) is 13.7 Å². The maximum atomic E-state index is 11.8. The second-order valence-electron chi connectivity index (χ2n) is 4.76. The van der Waals surface area contributed by atoms with E-state index in [-0.39, 0.29) is 13.2 Å². The average molecular weight is 313 g/mol. The maximum Gasteiger partial charge on any atom is 0.411 e. The first kappa shape index (κ1) is 16.6.